The summed E-state index contributed by atoms with van der Waals surface area (Å²) in [4.78, 5) is 24.8. The number of methoxy groups -OCH3 is 1. The summed E-state index contributed by atoms with van der Waals surface area (Å²) < 4.78 is 11.6. The molecule has 0 atom stereocenters. The normalized spacial score (nSPS) is 15.0. The van der Waals surface area contributed by atoms with Crippen LogP contribution < -0.4 is 14.6 Å². The number of carbonyl (C=O) groups is 2. The monoisotopic (exact) mass is 462 g/mol. The van der Waals surface area contributed by atoms with Crippen molar-refractivity contribution in [2.75, 3.05) is 13.7 Å². The van der Waals surface area contributed by atoms with Crippen LogP contribution in [0.5, 0.6) is 11.5 Å². The molecular weight excluding hydrogens is 446 g/mol. The fourth-order valence-electron chi connectivity index (χ4n) is 2.68. The molecular formula is C21H17ClNO5S2-. The number of amides is 1. The number of hydrogen-bond donors (Lipinski definition) is 0. The smallest absolute Gasteiger partial charge is 0.266 e. The van der Waals surface area contributed by atoms with Gasteiger partial charge in [-0.1, -0.05) is 53.8 Å². The fourth-order valence-corrected chi connectivity index (χ4v) is 4.12. The molecule has 0 saturated carbocycles. The van der Waals surface area contributed by atoms with Crippen molar-refractivity contribution in [3.05, 3.63) is 63.5 Å². The second-order valence-corrected chi connectivity index (χ2v) is 8.39. The lowest BCUT2D eigenvalue weighted by molar-refractivity contribution is -0.305. The molecule has 1 fully saturated rings. The maximum Gasteiger partial charge on any atom is 0.266 e. The average molecular weight is 463 g/mol. The first kappa shape index (κ1) is 22.1. The van der Waals surface area contributed by atoms with E-state index < -0.39 is 5.97 Å². The van der Waals surface area contributed by atoms with Gasteiger partial charge in [0, 0.05) is 24.0 Å². The van der Waals surface area contributed by atoms with Gasteiger partial charge in [0.05, 0.1) is 12.0 Å². The predicted molar refractivity (Wildman–Crippen MR) is 118 cm³/mol. The molecule has 0 aliphatic carbocycles. The number of carboxylic acids is 1. The molecule has 2 aromatic rings. The number of aliphatic carboxylic acids is 1. The molecule has 0 radical (unpaired) electrons. The summed E-state index contributed by atoms with van der Waals surface area (Å²) in [5.41, 5.74) is 1.69. The average Bonchev–Trinajstić information content (AvgIpc) is 2.99. The molecule has 1 aliphatic rings. The lowest BCUT2D eigenvalue weighted by Crippen LogP contribution is -2.33. The Balaban J connectivity index is 1.72. The van der Waals surface area contributed by atoms with Crippen LogP contribution in [0.3, 0.4) is 0 Å². The van der Waals surface area contributed by atoms with Crippen molar-refractivity contribution < 1.29 is 24.2 Å². The van der Waals surface area contributed by atoms with E-state index >= 15 is 0 Å². The lowest BCUT2D eigenvalue weighted by atomic mass is 10.1. The van der Waals surface area contributed by atoms with Crippen molar-refractivity contribution >= 4 is 57.9 Å². The molecule has 1 aliphatic heterocycles. The molecule has 9 heteroatoms. The third-order valence-corrected chi connectivity index (χ3v) is 5.84. The van der Waals surface area contributed by atoms with E-state index in [9.17, 15) is 14.7 Å². The number of thiocarbonyl (C=S) groups is 1. The third-order valence-electron chi connectivity index (χ3n) is 4.21. The minimum absolute atomic E-state index is 0.00879. The van der Waals surface area contributed by atoms with Crippen molar-refractivity contribution in [3.63, 3.8) is 0 Å². The van der Waals surface area contributed by atoms with Gasteiger partial charge in [0.1, 0.15) is 10.9 Å². The van der Waals surface area contributed by atoms with E-state index in [0.29, 0.717) is 32.4 Å². The molecule has 1 saturated heterocycles. The Hall–Kier alpha value is -2.55. The maximum atomic E-state index is 12.5. The summed E-state index contributed by atoms with van der Waals surface area (Å²) in [6.45, 7) is 0.342. The van der Waals surface area contributed by atoms with Crippen molar-refractivity contribution in [2.24, 2.45) is 0 Å². The number of nitrogens with zero attached hydrogens (tertiary/aromatic N) is 1. The summed E-state index contributed by atoms with van der Waals surface area (Å²) in [7, 11) is 1.54. The van der Waals surface area contributed by atoms with Crippen molar-refractivity contribution in [3.8, 4) is 11.5 Å². The van der Waals surface area contributed by atoms with Crippen LogP contribution in [-0.4, -0.2) is 34.8 Å². The zero-order chi connectivity index (χ0) is 21.7. The van der Waals surface area contributed by atoms with Crippen LogP contribution in [-0.2, 0) is 16.2 Å². The van der Waals surface area contributed by atoms with Crippen LogP contribution in [0.1, 0.15) is 17.5 Å². The summed E-state index contributed by atoms with van der Waals surface area (Å²) in [6, 6.07) is 12.7. The second kappa shape index (κ2) is 9.97. The molecule has 0 spiro atoms. The van der Waals surface area contributed by atoms with Crippen LogP contribution in [0.4, 0.5) is 0 Å². The summed E-state index contributed by atoms with van der Waals surface area (Å²) in [5.74, 6) is -0.475. The molecule has 1 heterocycles. The van der Waals surface area contributed by atoms with E-state index in [1.807, 2.05) is 12.1 Å². The van der Waals surface area contributed by atoms with Gasteiger partial charge in [-0.05, 0) is 41.5 Å². The van der Waals surface area contributed by atoms with Gasteiger partial charge in [-0.3, -0.25) is 9.69 Å². The van der Waals surface area contributed by atoms with Crippen LogP contribution >= 0.6 is 35.6 Å². The van der Waals surface area contributed by atoms with Gasteiger partial charge in [0.15, 0.2) is 11.5 Å². The SMILES string of the molecule is COc1cc(/C=C2\SC(=S)N(CCC(=O)[O-])C2=O)ccc1OCc1ccc(Cl)cc1. The van der Waals surface area contributed by atoms with Crippen molar-refractivity contribution in [1.29, 1.82) is 0 Å². The molecule has 0 unspecified atom stereocenters. The Morgan fingerprint density at radius 3 is 2.63 bits per heavy atom. The van der Waals surface area contributed by atoms with Crippen molar-refractivity contribution in [1.82, 2.24) is 4.90 Å². The summed E-state index contributed by atoms with van der Waals surface area (Å²) in [6.07, 6.45) is 1.41. The Bertz CT molecular complexity index is 1010. The molecule has 1 amide bonds. The van der Waals surface area contributed by atoms with Gasteiger partial charge in [-0.2, -0.15) is 0 Å². The number of ether oxygens (including phenoxy) is 2. The van der Waals surface area contributed by atoms with Crippen LogP contribution in [0, 0.1) is 0 Å². The van der Waals surface area contributed by atoms with Crippen LogP contribution in [0.25, 0.3) is 6.08 Å². The molecule has 2 aromatic carbocycles. The second-order valence-electron chi connectivity index (χ2n) is 6.28. The molecule has 0 bridgehead atoms. The summed E-state index contributed by atoms with van der Waals surface area (Å²) >= 11 is 12.2. The number of carboxylic acid groups (broad SMARTS) is 1. The first-order valence-electron chi connectivity index (χ1n) is 8.88. The molecule has 156 valence electrons. The highest BCUT2D eigenvalue weighted by atomic mass is 35.5. The fraction of sp³-hybridized carbons (Fsp3) is 0.190. The minimum Gasteiger partial charge on any atom is -0.550 e. The maximum absolute atomic E-state index is 12.5. The van der Waals surface area contributed by atoms with Gasteiger partial charge in [0.25, 0.3) is 5.91 Å². The Labute approximate surface area is 188 Å². The highest BCUT2D eigenvalue weighted by molar-refractivity contribution is 8.26. The van der Waals surface area contributed by atoms with E-state index in [1.165, 1.54) is 12.0 Å². The molecule has 0 N–H and O–H groups in total. The quantitative estimate of drug-likeness (QED) is 0.440. The number of halogens is 1. The predicted octanol–water partition coefficient (Wildman–Crippen LogP) is 3.27. The molecule has 6 nitrogen and oxygen atoms in total. The number of hydrogen-bond acceptors (Lipinski definition) is 7. The molecule has 3 rings (SSSR count). The molecule has 0 aromatic heterocycles. The largest absolute Gasteiger partial charge is 0.550 e. The van der Waals surface area contributed by atoms with Gasteiger partial charge in [-0.25, -0.2) is 0 Å². The zero-order valence-electron chi connectivity index (χ0n) is 15.9. The lowest BCUT2D eigenvalue weighted by Gasteiger charge is -2.14. The number of carbonyl (C=O) groups excluding carboxylic acids is 2. The van der Waals surface area contributed by atoms with E-state index in [0.717, 1.165) is 22.9 Å². The minimum atomic E-state index is -1.23. The van der Waals surface area contributed by atoms with Gasteiger partial charge < -0.3 is 19.4 Å². The highest BCUT2D eigenvalue weighted by Gasteiger charge is 2.31. The van der Waals surface area contributed by atoms with Gasteiger partial charge >= 0.3 is 0 Å². The zero-order valence-corrected chi connectivity index (χ0v) is 18.3. The number of benzene rings is 2. The highest BCUT2D eigenvalue weighted by Crippen LogP contribution is 2.35. The van der Waals surface area contributed by atoms with E-state index in [-0.39, 0.29) is 18.9 Å². The number of thioether (sulfide) groups is 1. The Kier molecular flexibility index (Phi) is 7.36. The molecule has 30 heavy (non-hydrogen) atoms. The third kappa shape index (κ3) is 5.53. The van der Waals surface area contributed by atoms with Gasteiger partial charge in [-0.15, -0.1) is 0 Å². The van der Waals surface area contributed by atoms with E-state index in [4.69, 9.17) is 33.3 Å². The van der Waals surface area contributed by atoms with Crippen molar-refractivity contribution in [2.45, 2.75) is 13.0 Å². The van der Waals surface area contributed by atoms with Gasteiger partial charge in [0.2, 0.25) is 0 Å². The van der Waals surface area contributed by atoms with E-state index in [1.54, 1.807) is 36.4 Å². The topological polar surface area (TPSA) is 78.9 Å². The van der Waals surface area contributed by atoms with Crippen LogP contribution in [0.15, 0.2) is 47.4 Å². The first-order valence-corrected chi connectivity index (χ1v) is 10.5. The Morgan fingerprint density at radius 2 is 1.97 bits per heavy atom. The van der Waals surface area contributed by atoms with E-state index in [2.05, 4.69) is 0 Å². The van der Waals surface area contributed by atoms with Crippen LogP contribution in [0.2, 0.25) is 5.02 Å². The standard InChI is InChI=1S/C21H18ClNO5S2/c1-27-17-10-14(4-7-16(17)28-12-13-2-5-15(22)6-3-13)11-18-20(26)23(21(29)30-18)9-8-19(24)25/h2-7,10-11H,8-9,12H2,1H3,(H,24,25)/p-1/b18-11-. The summed E-state index contributed by atoms with van der Waals surface area (Å²) in [5, 5.41) is 11.3. The first-order chi connectivity index (χ1) is 14.4. The Morgan fingerprint density at radius 1 is 1.23 bits per heavy atom. The number of rotatable bonds is 8.